The van der Waals surface area contributed by atoms with E-state index in [2.05, 4.69) is 240 Å². The lowest BCUT2D eigenvalue weighted by molar-refractivity contribution is 1.19. The van der Waals surface area contributed by atoms with Gasteiger partial charge in [0.1, 0.15) is 11.6 Å². The Labute approximate surface area is 394 Å². The minimum Gasteiger partial charge on any atom is -0.294 e. The number of aromatic nitrogens is 2. The number of nitrogens with zero attached hydrogens (tertiary/aromatic N) is 4. The second-order valence-corrected chi connectivity index (χ2v) is 17.4. The monoisotopic (exact) mass is 866 g/mol. The Hall–Kier alpha value is -9.12. The van der Waals surface area contributed by atoms with E-state index in [1.807, 2.05) is 24.5 Å². The maximum atomic E-state index is 4.99. The molecule has 68 heavy (non-hydrogen) atoms. The molecule has 13 aromatic rings. The first-order valence-electron chi connectivity index (χ1n) is 23.1. The maximum absolute atomic E-state index is 4.99. The van der Waals surface area contributed by atoms with Gasteiger partial charge < -0.3 is 0 Å². The zero-order chi connectivity index (χ0) is 45.0. The topological polar surface area (TPSA) is 32.3 Å². The van der Waals surface area contributed by atoms with Crippen LogP contribution in [0.1, 0.15) is 0 Å². The Morgan fingerprint density at radius 1 is 0.250 bits per heavy atom. The first-order valence-corrected chi connectivity index (χ1v) is 23.1. The molecule has 318 valence electrons. The van der Waals surface area contributed by atoms with E-state index in [0.717, 1.165) is 77.8 Å². The van der Waals surface area contributed by atoms with Crippen LogP contribution in [0.4, 0.5) is 34.4 Å². The number of benzene rings is 11. The molecule has 11 aromatic carbocycles. The molecule has 0 bridgehead atoms. The van der Waals surface area contributed by atoms with Crippen molar-refractivity contribution < 1.29 is 0 Å². The van der Waals surface area contributed by atoms with Crippen molar-refractivity contribution >= 4 is 99.0 Å². The molecule has 2 aromatic heterocycles. The van der Waals surface area contributed by atoms with Crippen molar-refractivity contribution in [3.05, 3.63) is 255 Å². The fraction of sp³-hybridized carbons (Fsp3) is 0. The van der Waals surface area contributed by atoms with Crippen LogP contribution >= 0.6 is 0 Å². The van der Waals surface area contributed by atoms with Crippen LogP contribution in [0.5, 0.6) is 0 Å². The van der Waals surface area contributed by atoms with E-state index in [9.17, 15) is 0 Å². The van der Waals surface area contributed by atoms with Gasteiger partial charge in [0.2, 0.25) is 0 Å². The van der Waals surface area contributed by atoms with Crippen molar-refractivity contribution in [1.82, 2.24) is 9.97 Å². The second kappa shape index (κ2) is 16.4. The van der Waals surface area contributed by atoms with Crippen LogP contribution in [0, 0.1) is 0 Å². The molecule has 0 atom stereocenters. The number of hydrogen-bond acceptors (Lipinski definition) is 4. The van der Waals surface area contributed by atoms with E-state index < -0.39 is 0 Å². The number of anilines is 6. The summed E-state index contributed by atoms with van der Waals surface area (Å²) < 4.78 is 0. The van der Waals surface area contributed by atoms with Gasteiger partial charge in [-0.05, 0) is 149 Å². The number of hydrogen-bond donors (Lipinski definition) is 0. The summed E-state index contributed by atoms with van der Waals surface area (Å²) >= 11 is 0. The van der Waals surface area contributed by atoms with E-state index >= 15 is 0 Å². The van der Waals surface area contributed by atoms with Gasteiger partial charge in [-0.1, -0.05) is 170 Å². The van der Waals surface area contributed by atoms with Crippen molar-refractivity contribution in [3.8, 4) is 22.3 Å². The Balaban J connectivity index is 1.16. The average molecular weight is 867 g/mol. The molecule has 0 saturated carbocycles. The van der Waals surface area contributed by atoms with Crippen molar-refractivity contribution in [2.45, 2.75) is 0 Å². The number of pyridine rings is 2. The molecule has 0 aliphatic rings. The van der Waals surface area contributed by atoms with Gasteiger partial charge >= 0.3 is 0 Å². The molecule has 0 unspecified atom stereocenters. The van der Waals surface area contributed by atoms with Crippen LogP contribution in [-0.4, -0.2) is 9.97 Å². The van der Waals surface area contributed by atoms with Crippen molar-refractivity contribution in [2.75, 3.05) is 9.80 Å². The first kappa shape index (κ1) is 39.3. The minimum atomic E-state index is 0.846. The lowest BCUT2D eigenvalue weighted by Gasteiger charge is -2.28. The quantitative estimate of drug-likeness (QED) is 0.142. The van der Waals surface area contributed by atoms with E-state index in [-0.39, 0.29) is 0 Å². The molecule has 0 radical (unpaired) electrons. The molecule has 0 aliphatic carbocycles. The molecule has 4 heteroatoms. The van der Waals surface area contributed by atoms with Gasteiger partial charge in [-0.2, -0.15) is 0 Å². The van der Waals surface area contributed by atoms with E-state index in [1.165, 1.54) is 43.4 Å². The first-order chi connectivity index (χ1) is 33.7. The van der Waals surface area contributed by atoms with E-state index in [4.69, 9.17) is 9.97 Å². The molecule has 0 spiro atoms. The van der Waals surface area contributed by atoms with Crippen molar-refractivity contribution in [1.29, 1.82) is 0 Å². The predicted molar refractivity (Wildman–Crippen MR) is 287 cm³/mol. The van der Waals surface area contributed by atoms with Gasteiger partial charge in [-0.25, -0.2) is 9.97 Å². The fourth-order valence-corrected chi connectivity index (χ4v) is 10.4. The SMILES string of the molecule is c1ccc(N(c2ccc3c(-c4ccc5ccccc5c4)c4cc(N(c5ccccn5)c5cccc6ccccc56)ccc4c(-c4ccc5ccccc5c4)c3c2)c2cccc3ccccc23)nc1. The van der Waals surface area contributed by atoms with Crippen LogP contribution in [-0.2, 0) is 0 Å². The van der Waals surface area contributed by atoms with Crippen LogP contribution in [0.15, 0.2) is 255 Å². The summed E-state index contributed by atoms with van der Waals surface area (Å²) in [5.41, 5.74) is 8.82. The normalized spacial score (nSPS) is 11.5. The smallest absolute Gasteiger partial charge is 0.137 e. The highest BCUT2D eigenvalue weighted by Crippen LogP contribution is 2.49. The zero-order valence-electron chi connectivity index (χ0n) is 37.0. The largest absolute Gasteiger partial charge is 0.294 e. The van der Waals surface area contributed by atoms with Gasteiger partial charge in [0.05, 0.1) is 11.4 Å². The summed E-state index contributed by atoms with van der Waals surface area (Å²) in [6.07, 6.45) is 3.76. The zero-order valence-corrected chi connectivity index (χ0v) is 37.0. The molecule has 13 rings (SSSR count). The van der Waals surface area contributed by atoms with Gasteiger partial charge in [-0.3, -0.25) is 9.80 Å². The highest BCUT2D eigenvalue weighted by atomic mass is 15.2. The molecule has 0 fully saturated rings. The highest BCUT2D eigenvalue weighted by molar-refractivity contribution is 6.23. The molecule has 4 nitrogen and oxygen atoms in total. The Morgan fingerprint density at radius 2 is 0.647 bits per heavy atom. The third-order valence-corrected chi connectivity index (χ3v) is 13.4. The Bertz CT molecular complexity index is 3780. The Morgan fingerprint density at radius 3 is 1.09 bits per heavy atom. The molecular formula is C64H42N4. The van der Waals surface area contributed by atoms with Crippen molar-refractivity contribution in [2.24, 2.45) is 0 Å². The summed E-state index contributed by atoms with van der Waals surface area (Å²) in [7, 11) is 0. The predicted octanol–water partition coefficient (Wildman–Crippen LogP) is 17.7. The molecular weight excluding hydrogens is 825 g/mol. The Kier molecular flexibility index (Phi) is 9.47. The average Bonchev–Trinajstić information content (AvgIpc) is 3.41. The third-order valence-electron chi connectivity index (χ3n) is 13.4. The number of rotatable bonds is 8. The van der Waals surface area contributed by atoms with Crippen molar-refractivity contribution in [3.63, 3.8) is 0 Å². The van der Waals surface area contributed by atoms with E-state index in [1.54, 1.807) is 0 Å². The van der Waals surface area contributed by atoms with Crippen LogP contribution in [0.25, 0.3) is 86.9 Å². The van der Waals surface area contributed by atoms with Gasteiger partial charge in [-0.15, -0.1) is 0 Å². The highest BCUT2D eigenvalue weighted by Gasteiger charge is 2.24. The summed E-state index contributed by atoms with van der Waals surface area (Å²) in [5.74, 6) is 1.69. The van der Waals surface area contributed by atoms with Crippen LogP contribution < -0.4 is 9.80 Å². The summed E-state index contributed by atoms with van der Waals surface area (Å²) in [6, 6.07) is 87.7. The fourth-order valence-electron chi connectivity index (χ4n) is 10.4. The maximum Gasteiger partial charge on any atom is 0.137 e. The molecule has 0 N–H and O–H groups in total. The molecule has 0 saturated heterocycles. The van der Waals surface area contributed by atoms with Crippen LogP contribution in [0.3, 0.4) is 0 Å². The standard InChI is InChI=1S/C64H42N4/c1-3-19-47-39-49(31-29-43(47)15-1)63-55-35-33-52(68(62-28-10-12-38-66-62)60-26-14-22-46-18-6-8-24-54(46)60)42-58(55)64(50-32-30-44-16-2-4-20-48(44)40-50)56-36-34-51(41-57(56)63)67(61-27-9-11-37-65-61)59-25-13-21-45-17-5-7-23-53(45)59/h1-42H. The number of fused-ring (bicyclic) bond motifs is 6. The van der Waals surface area contributed by atoms with Crippen LogP contribution in [0.2, 0.25) is 0 Å². The summed E-state index contributed by atoms with van der Waals surface area (Å²) in [5, 5.41) is 14.1. The lowest BCUT2D eigenvalue weighted by Crippen LogP contribution is -2.12. The lowest BCUT2D eigenvalue weighted by atomic mass is 9.84. The summed E-state index contributed by atoms with van der Waals surface area (Å²) in [4.78, 5) is 14.6. The molecule has 0 amide bonds. The minimum absolute atomic E-state index is 0.846. The van der Waals surface area contributed by atoms with Gasteiger partial charge in [0, 0.05) is 34.5 Å². The molecule has 2 heterocycles. The second-order valence-electron chi connectivity index (χ2n) is 17.4. The summed E-state index contributed by atoms with van der Waals surface area (Å²) in [6.45, 7) is 0. The van der Waals surface area contributed by atoms with E-state index in [0.29, 0.717) is 0 Å². The molecule has 0 aliphatic heterocycles. The third kappa shape index (κ3) is 6.69. The van der Waals surface area contributed by atoms with Gasteiger partial charge in [0.15, 0.2) is 0 Å². The van der Waals surface area contributed by atoms with Gasteiger partial charge in [0.25, 0.3) is 0 Å².